The Labute approximate surface area is 96.0 Å². The molecule has 3 atom stereocenters. The van der Waals surface area contributed by atoms with E-state index >= 15 is 0 Å². The number of hydrogen-bond acceptors (Lipinski definition) is 2. The first-order valence-electron chi connectivity index (χ1n) is 6.67. The smallest absolute Gasteiger partial charge is 0.00415 e. The Morgan fingerprint density at radius 1 is 1.00 bits per heavy atom. The highest BCUT2D eigenvalue weighted by atomic mass is 14.9. The summed E-state index contributed by atoms with van der Waals surface area (Å²) in [5.41, 5.74) is 4.50. The zero-order chi connectivity index (χ0) is 11.7. The molecule has 0 aromatic heterocycles. The van der Waals surface area contributed by atoms with Gasteiger partial charge in [-0.25, -0.2) is 0 Å². The molecule has 2 nitrogen and oxygen atoms in total. The number of fused-ring (bicyclic) bond motifs is 1. The molecule has 2 rings (SSSR count). The summed E-state index contributed by atoms with van der Waals surface area (Å²) >= 11 is 0. The van der Waals surface area contributed by atoms with Crippen LogP contribution in [0.4, 0.5) is 0 Å². The number of hydrogen-bond donors (Lipinski definition) is 2. The monoisotopic (exact) mass is 214 g/mol. The molecule has 1 saturated carbocycles. The minimum Gasteiger partial charge on any atom is -0.333 e. The van der Waals surface area contributed by atoms with E-state index in [1.165, 1.54) is 45.7 Å². The molecule has 0 aromatic rings. The Morgan fingerprint density at radius 3 is 2.13 bits per heavy atom. The van der Waals surface area contributed by atoms with Crippen molar-refractivity contribution in [3.05, 3.63) is 0 Å². The van der Waals surface area contributed by atoms with Gasteiger partial charge in [-0.15, -0.1) is 0 Å². The minimum absolute atomic E-state index is 0.786. The topological polar surface area (TPSA) is 38.0 Å². The molecule has 15 heavy (non-hydrogen) atoms. The van der Waals surface area contributed by atoms with Crippen LogP contribution in [0.1, 0.15) is 52.9 Å². The van der Waals surface area contributed by atoms with E-state index in [0.29, 0.717) is 0 Å². The summed E-state index contributed by atoms with van der Waals surface area (Å²) in [4.78, 5) is 0. The Kier molecular flexibility index (Phi) is 9.12. The summed E-state index contributed by atoms with van der Waals surface area (Å²) in [6.07, 6.45) is 7.41. The average molecular weight is 214 g/mol. The van der Waals surface area contributed by atoms with Crippen molar-refractivity contribution in [1.82, 2.24) is 5.32 Å². The lowest BCUT2D eigenvalue weighted by molar-refractivity contribution is 0.159. The Morgan fingerprint density at radius 2 is 1.53 bits per heavy atom. The Bertz CT molecular complexity index is 136. The van der Waals surface area contributed by atoms with Gasteiger partial charge < -0.3 is 11.1 Å². The first-order chi connectivity index (χ1) is 7.36. The molecule has 3 N–H and O–H groups in total. The molecule has 1 saturated heterocycles. The molecule has 92 valence electrons. The molecule has 0 radical (unpaired) electrons. The van der Waals surface area contributed by atoms with E-state index < -0.39 is 0 Å². The Balaban J connectivity index is 0.000000442. The predicted molar refractivity (Wildman–Crippen MR) is 69.0 cm³/mol. The van der Waals surface area contributed by atoms with Crippen molar-refractivity contribution >= 4 is 0 Å². The van der Waals surface area contributed by atoms with Gasteiger partial charge in [-0.1, -0.05) is 33.1 Å². The van der Waals surface area contributed by atoms with E-state index in [9.17, 15) is 0 Å². The van der Waals surface area contributed by atoms with E-state index in [0.717, 1.165) is 17.9 Å². The van der Waals surface area contributed by atoms with Crippen molar-refractivity contribution in [1.29, 1.82) is 0 Å². The van der Waals surface area contributed by atoms with Crippen LogP contribution in [0.2, 0.25) is 0 Å². The van der Waals surface area contributed by atoms with Gasteiger partial charge >= 0.3 is 0 Å². The van der Waals surface area contributed by atoms with Crippen molar-refractivity contribution in [2.24, 2.45) is 17.6 Å². The standard InChI is InChI=1S/C10H19N.C2H6.CH5N/c1-8-6-9-4-2-3-5-10(9)7-11-8;2*1-2/h8-11H,2-7H2,1H3;1-2H3;2H2,1H3. The maximum absolute atomic E-state index is 4.50. The molecule has 0 spiro atoms. The normalized spacial score (nSPS) is 33.8. The van der Waals surface area contributed by atoms with Crippen LogP contribution in [-0.2, 0) is 0 Å². The zero-order valence-electron chi connectivity index (χ0n) is 11.1. The third kappa shape index (κ3) is 4.98. The fourth-order valence-electron chi connectivity index (χ4n) is 2.75. The molecular weight excluding hydrogens is 184 g/mol. The van der Waals surface area contributed by atoms with E-state index in [4.69, 9.17) is 0 Å². The van der Waals surface area contributed by atoms with Crippen LogP contribution >= 0.6 is 0 Å². The van der Waals surface area contributed by atoms with Crippen molar-refractivity contribution in [2.45, 2.75) is 58.9 Å². The van der Waals surface area contributed by atoms with Crippen molar-refractivity contribution < 1.29 is 0 Å². The van der Waals surface area contributed by atoms with Gasteiger partial charge in [-0.05, 0) is 45.2 Å². The van der Waals surface area contributed by atoms with Gasteiger partial charge in [-0.2, -0.15) is 0 Å². The highest BCUT2D eigenvalue weighted by molar-refractivity contribution is 4.84. The molecule has 2 aliphatic rings. The van der Waals surface area contributed by atoms with Crippen molar-refractivity contribution in [3.63, 3.8) is 0 Å². The molecule has 1 aliphatic carbocycles. The maximum Gasteiger partial charge on any atom is 0.00415 e. The Hall–Kier alpha value is -0.0800. The van der Waals surface area contributed by atoms with Crippen LogP contribution in [0.15, 0.2) is 0 Å². The molecule has 3 unspecified atom stereocenters. The van der Waals surface area contributed by atoms with Gasteiger partial charge in [-0.3, -0.25) is 0 Å². The number of piperidine rings is 1. The van der Waals surface area contributed by atoms with Gasteiger partial charge in [0.05, 0.1) is 0 Å². The highest BCUT2D eigenvalue weighted by Gasteiger charge is 2.29. The van der Waals surface area contributed by atoms with Crippen LogP contribution in [0.25, 0.3) is 0 Å². The summed E-state index contributed by atoms with van der Waals surface area (Å²) in [7, 11) is 1.50. The van der Waals surface area contributed by atoms with E-state index in [1.807, 2.05) is 13.8 Å². The number of nitrogens with one attached hydrogen (secondary N) is 1. The molecule has 2 fully saturated rings. The lowest BCUT2D eigenvalue weighted by atomic mass is 9.74. The van der Waals surface area contributed by atoms with Gasteiger partial charge in [0.1, 0.15) is 0 Å². The quantitative estimate of drug-likeness (QED) is 0.651. The molecule has 0 aromatic carbocycles. The van der Waals surface area contributed by atoms with Gasteiger partial charge in [0.25, 0.3) is 0 Å². The largest absolute Gasteiger partial charge is 0.333 e. The zero-order valence-corrected chi connectivity index (χ0v) is 11.1. The molecule has 1 aliphatic heterocycles. The number of rotatable bonds is 0. The minimum atomic E-state index is 0.786. The summed E-state index contributed by atoms with van der Waals surface area (Å²) in [6.45, 7) is 7.62. The molecule has 0 bridgehead atoms. The van der Waals surface area contributed by atoms with E-state index in [1.54, 1.807) is 0 Å². The van der Waals surface area contributed by atoms with Gasteiger partial charge in [0.15, 0.2) is 0 Å². The summed E-state index contributed by atoms with van der Waals surface area (Å²) < 4.78 is 0. The van der Waals surface area contributed by atoms with Gasteiger partial charge in [0.2, 0.25) is 0 Å². The van der Waals surface area contributed by atoms with Crippen molar-refractivity contribution in [2.75, 3.05) is 13.6 Å². The number of nitrogens with two attached hydrogens (primary N) is 1. The maximum atomic E-state index is 4.50. The molecule has 0 amide bonds. The van der Waals surface area contributed by atoms with Crippen LogP contribution in [0, 0.1) is 11.8 Å². The van der Waals surface area contributed by atoms with E-state index in [-0.39, 0.29) is 0 Å². The summed E-state index contributed by atoms with van der Waals surface area (Å²) in [6, 6.07) is 0.786. The lowest BCUT2D eigenvalue weighted by Gasteiger charge is -2.38. The first kappa shape index (κ1) is 14.9. The van der Waals surface area contributed by atoms with Crippen LogP contribution in [0.3, 0.4) is 0 Å². The fraction of sp³-hybridized carbons (Fsp3) is 1.00. The second-order valence-electron chi connectivity index (χ2n) is 4.35. The first-order valence-corrected chi connectivity index (χ1v) is 6.67. The third-order valence-electron chi connectivity index (χ3n) is 3.45. The van der Waals surface area contributed by atoms with Crippen LogP contribution < -0.4 is 11.1 Å². The second-order valence-corrected chi connectivity index (χ2v) is 4.35. The SMILES string of the molecule is CC.CC1CC2CCCCC2CN1.CN. The van der Waals surface area contributed by atoms with Gasteiger partial charge in [0, 0.05) is 6.04 Å². The van der Waals surface area contributed by atoms with Crippen LogP contribution in [0.5, 0.6) is 0 Å². The van der Waals surface area contributed by atoms with Crippen molar-refractivity contribution in [3.8, 4) is 0 Å². The van der Waals surface area contributed by atoms with E-state index in [2.05, 4.69) is 18.0 Å². The lowest BCUT2D eigenvalue weighted by Crippen LogP contribution is -2.43. The average Bonchev–Trinajstić information content (AvgIpc) is 2.34. The third-order valence-corrected chi connectivity index (χ3v) is 3.45. The highest BCUT2D eigenvalue weighted by Crippen LogP contribution is 2.34. The summed E-state index contributed by atoms with van der Waals surface area (Å²) in [5, 5.41) is 3.58. The molecular formula is C13H30N2. The summed E-state index contributed by atoms with van der Waals surface area (Å²) in [5.74, 6) is 2.10. The predicted octanol–water partition coefficient (Wildman–Crippen LogP) is 2.78. The second kappa shape index (κ2) is 9.17. The fourth-order valence-corrected chi connectivity index (χ4v) is 2.75. The van der Waals surface area contributed by atoms with Crippen LogP contribution in [-0.4, -0.2) is 19.6 Å². The molecule has 1 heterocycles. The molecule has 2 heteroatoms.